The summed E-state index contributed by atoms with van der Waals surface area (Å²) in [5.74, 6) is -0.850. The molecule has 0 unspecified atom stereocenters. The van der Waals surface area contributed by atoms with Crippen LogP contribution in [0.3, 0.4) is 0 Å². The number of carbonyl (C=O) groups excluding carboxylic acids is 2. The number of nitrogens with two attached hydrogens (primary N) is 1. The Morgan fingerprint density at radius 1 is 1.11 bits per heavy atom. The zero-order valence-electron chi connectivity index (χ0n) is 20.1. The van der Waals surface area contributed by atoms with E-state index in [2.05, 4.69) is 20.4 Å². The zero-order valence-corrected chi connectivity index (χ0v) is 21.0. The summed E-state index contributed by atoms with van der Waals surface area (Å²) in [4.78, 5) is 30.0. The molecule has 1 atom stereocenters. The van der Waals surface area contributed by atoms with Crippen LogP contribution in [0, 0.1) is 5.41 Å². The van der Waals surface area contributed by atoms with Gasteiger partial charge in [-0.2, -0.15) is 0 Å². The summed E-state index contributed by atoms with van der Waals surface area (Å²) in [5, 5.41) is 6.04. The Kier molecular flexibility index (Phi) is 8.33. The number of ether oxygens (including phenoxy) is 1. The number of halogens is 3. The van der Waals surface area contributed by atoms with E-state index < -0.39 is 17.8 Å². The molecule has 1 aliphatic rings. The Balaban J connectivity index is 1.37. The third kappa shape index (κ3) is 7.65. The second-order valence-electron chi connectivity index (χ2n) is 9.50. The summed E-state index contributed by atoms with van der Waals surface area (Å²) in [5.41, 5.74) is 7.17. The predicted octanol–water partition coefficient (Wildman–Crippen LogP) is 5.16. The van der Waals surface area contributed by atoms with Crippen LogP contribution in [0.25, 0.3) is 10.2 Å². The van der Waals surface area contributed by atoms with Crippen molar-refractivity contribution in [3.8, 4) is 5.75 Å². The highest BCUT2D eigenvalue weighted by Gasteiger charge is 2.35. The highest BCUT2D eigenvalue weighted by Crippen LogP contribution is 2.39. The quantitative estimate of drug-likeness (QED) is 0.352. The third-order valence-corrected chi connectivity index (χ3v) is 7.50. The van der Waals surface area contributed by atoms with Crippen LogP contribution >= 0.6 is 11.3 Å². The fraction of sp³-hybridized carbons (Fsp3) is 0.423. The first kappa shape index (κ1) is 26.9. The van der Waals surface area contributed by atoms with Crippen molar-refractivity contribution >= 4 is 38.5 Å². The summed E-state index contributed by atoms with van der Waals surface area (Å²) < 4.78 is 41.9. The van der Waals surface area contributed by atoms with Crippen molar-refractivity contribution in [2.45, 2.75) is 57.3 Å². The first-order chi connectivity index (χ1) is 17.6. The molecule has 1 fully saturated rings. The normalized spacial score (nSPS) is 16.2. The Morgan fingerprint density at radius 3 is 2.54 bits per heavy atom. The van der Waals surface area contributed by atoms with E-state index in [0.29, 0.717) is 28.3 Å². The number of rotatable bonds is 9. The van der Waals surface area contributed by atoms with Crippen LogP contribution in [0.2, 0.25) is 0 Å². The van der Waals surface area contributed by atoms with Crippen molar-refractivity contribution in [1.82, 2.24) is 10.3 Å². The number of fused-ring (bicyclic) bond motifs is 1. The minimum atomic E-state index is -4.79. The number of nitrogens with zero attached hydrogens (tertiary/aromatic N) is 1. The van der Waals surface area contributed by atoms with Crippen molar-refractivity contribution < 1.29 is 27.5 Å². The molecule has 1 saturated carbocycles. The van der Waals surface area contributed by atoms with E-state index in [1.54, 1.807) is 0 Å². The topological polar surface area (TPSA) is 106 Å². The van der Waals surface area contributed by atoms with Gasteiger partial charge in [-0.15, -0.1) is 13.2 Å². The van der Waals surface area contributed by atoms with E-state index >= 15 is 0 Å². The van der Waals surface area contributed by atoms with Crippen LogP contribution in [0.4, 0.5) is 18.3 Å². The lowest BCUT2D eigenvalue weighted by Gasteiger charge is -2.37. The van der Waals surface area contributed by atoms with Crippen LogP contribution in [-0.4, -0.2) is 35.7 Å². The molecule has 1 heterocycles. The van der Waals surface area contributed by atoms with Gasteiger partial charge in [0.05, 0.1) is 16.3 Å². The third-order valence-electron chi connectivity index (χ3n) is 6.56. The van der Waals surface area contributed by atoms with Crippen LogP contribution in [0.15, 0.2) is 48.5 Å². The van der Waals surface area contributed by atoms with Gasteiger partial charge in [-0.1, -0.05) is 60.9 Å². The molecule has 0 radical (unpaired) electrons. The van der Waals surface area contributed by atoms with E-state index in [1.807, 2.05) is 30.3 Å². The first-order valence-electron chi connectivity index (χ1n) is 12.1. The number of alkyl halides is 3. The maximum absolute atomic E-state index is 13.0. The number of hydrogen-bond acceptors (Lipinski definition) is 6. The first-order valence-corrected chi connectivity index (χ1v) is 13.0. The van der Waals surface area contributed by atoms with Gasteiger partial charge in [-0.3, -0.25) is 9.59 Å². The zero-order chi connectivity index (χ0) is 26.5. The predicted molar refractivity (Wildman–Crippen MR) is 136 cm³/mol. The fourth-order valence-electron chi connectivity index (χ4n) is 4.74. The maximum Gasteiger partial charge on any atom is 0.573 e. The fourth-order valence-corrected chi connectivity index (χ4v) is 5.65. The molecule has 3 aromatic rings. The number of aromatic nitrogens is 1. The second kappa shape index (κ2) is 11.5. The standard InChI is InChI=1S/C26H29F3N4O3S/c27-26(28,29)36-18-9-10-20-21(14-18)37-24(32-20)33-22(34)15-25(11-5-2-6-12-25)16-31-23(35)19(30)13-17-7-3-1-4-8-17/h1,3-4,7-10,14,19H,2,5-6,11-13,15-16,30H2,(H,31,35)(H,32,33,34)/t19-/m0/s1. The monoisotopic (exact) mass is 534 g/mol. The van der Waals surface area contributed by atoms with E-state index in [4.69, 9.17) is 5.73 Å². The molecule has 0 saturated heterocycles. The molecule has 37 heavy (non-hydrogen) atoms. The highest BCUT2D eigenvalue weighted by atomic mass is 32.1. The van der Waals surface area contributed by atoms with E-state index in [0.717, 1.165) is 49.0 Å². The molecule has 0 aliphatic heterocycles. The van der Waals surface area contributed by atoms with Crippen LogP contribution in [-0.2, 0) is 16.0 Å². The van der Waals surface area contributed by atoms with Gasteiger partial charge in [0.15, 0.2) is 5.13 Å². The molecule has 0 spiro atoms. The molecule has 0 bridgehead atoms. The Hall–Kier alpha value is -3.18. The van der Waals surface area contributed by atoms with Crippen molar-refractivity contribution in [3.63, 3.8) is 0 Å². The molecule has 4 N–H and O–H groups in total. The lowest BCUT2D eigenvalue weighted by molar-refractivity contribution is -0.274. The molecule has 1 aromatic heterocycles. The molecule has 1 aliphatic carbocycles. The van der Waals surface area contributed by atoms with Gasteiger partial charge in [0.2, 0.25) is 11.8 Å². The number of carbonyl (C=O) groups is 2. The lowest BCUT2D eigenvalue weighted by atomic mass is 9.71. The second-order valence-corrected chi connectivity index (χ2v) is 10.5. The summed E-state index contributed by atoms with van der Waals surface area (Å²) in [6, 6.07) is 12.7. The molecular weight excluding hydrogens is 505 g/mol. The number of amides is 2. The van der Waals surface area contributed by atoms with Gasteiger partial charge in [-0.05, 0) is 42.4 Å². The van der Waals surface area contributed by atoms with Gasteiger partial charge in [0.1, 0.15) is 5.75 Å². The lowest BCUT2D eigenvalue weighted by Crippen LogP contribution is -2.47. The van der Waals surface area contributed by atoms with Crippen molar-refractivity contribution in [3.05, 3.63) is 54.1 Å². The molecule has 7 nitrogen and oxygen atoms in total. The number of hydrogen-bond donors (Lipinski definition) is 3. The highest BCUT2D eigenvalue weighted by molar-refractivity contribution is 7.22. The number of nitrogens with one attached hydrogen (secondary N) is 2. The van der Waals surface area contributed by atoms with Crippen LogP contribution in [0.1, 0.15) is 44.1 Å². The average molecular weight is 535 g/mol. The van der Waals surface area contributed by atoms with Crippen molar-refractivity contribution in [1.29, 1.82) is 0 Å². The summed E-state index contributed by atoms with van der Waals surface area (Å²) in [6.45, 7) is 0.347. The molecule has 11 heteroatoms. The largest absolute Gasteiger partial charge is 0.573 e. The van der Waals surface area contributed by atoms with E-state index in [1.165, 1.54) is 18.2 Å². The van der Waals surface area contributed by atoms with Gasteiger partial charge < -0.3 is 21.1 Å². The molecular formula is C26H29F3N4O3S. The van der Waals surface area contributed by atoms with Crippen molar-refractivity contribution in [2.24, 2.45) is 11.1 Å². The minimum absolute atomic E-state index is 0.194. The minimum Gasteiger partial charge on any atom is -0.406 e. The number of thiazole rings is 1. The van der Waals surface area contributed by atoms with Crippen molar-refractivity contribution in [2.75, 3.05) is 11.9 Å². The smallest absolute Gasteiger partial charge is 0.406 e. The molecule has 4 rings (SSSR count). The van der Waals surface area contributed by atoms with E-state index in [9.17, 15) is 22.8 Å². The summed E-state index contributed by atoms with van der Waals surface area (Å²) in [7, 11) is 0. The Labute approximate surface area is 216 Å². The maximum atomic E-state index is 13.0. The molecule has 2 amide bonds. The van der Waals surface area contributed by atoms with Crippen LogP contribution < -0.4 is 21.1 Å². The summed E-state index contributed by atoms with van der Waals surface area (Å²) in [6.07, 6.45) is 0.423. The Bertz CT molecular complexity index is 1230. The van der Waals surface area contributed by atoms with Gasteiger partial charge >= 0.3 is 6.36 Å². The molecule has 2 aromatic carbocycles. The Morgan fingerprint density at radius 2 is 1.84 bits per heavy atom. The molecule has 198 valence electrons. The van der Waals surface area contributed by atoms with Gasteiger partial charge in [0, 0.05) is 19.0 Å². The summed E-state index contributed by atoms with van der Waals surface area (Å²) >= 11 is 1.07. The van der Waals surface area contributed by atoms with Gasteiger partial charge in [-0.25, -0.2) is 4.98 Å². The number of benzene rings is 2. The SMILES string of the molecule is N[C@@H](Cc1ccccc1)C(=O)NCC1(CC(=O)Nc2nc3ccc(OC(F)(F)F)cc3s2)CCCCC1. The van der Waals surface area contributed by atoms with Crippen LogP contribution in [0.5, 0.6) is 5.75 Å². The van der Waals surface area contributed by atoms with E-state index in [-0.39, 0.29) is 24.0 Å². The average Bonchev–Trinajstić information content (AvgIpc) is 3.24. The van der Waals surface area contributed by atoms with Gasteiger partial charge in [0.25, 0.3) is 0 Å². The number of anilines is 1.